The number of para-hydroxylation sites is 2. The predicted molar refractivity (Wildman–Crippen MR) is 564 cm³/mol. The number of amidine groups is 1. The number of rotatable bonds is 19. The molecule has 13 heterocycles. The van der Waals surface area contributed by atoms with Crippen LogP contribution < -0.4 is 46.7 Å². The molecule has 9 aliphatic heterocycles. The van der Waals surface area contributed by atoms with E-state index in [0.717, 1.165) is 327 Å². The van der Waals surface area contributed by atoms with Gasteiger partial charge in [-0.25, -0.2) is 19.2 Å². The van der Waals surface area contributed by atoms with Crippen molar-refractivity contribution >= 4 is 153 Å². The van der Waals surface area contributed by atoms with E-state index in [1.807, 2.05) is 96.4 Å². The van der Waals surface area contributed by atoms with E-state index < -0.39 is 5.76 Å². The number of hydrogen-bond acceptors (Lipinski definition) is 22. The number of unbranched alkanes of at least 4 members (excludes halogenated alkanes) is 1. The van der Waals surface area contributed by atoms with Crippen molar-refractivity contribution in [3.63, 3.8) is 0 Å². The quantitative estimate of drug-likeness (QED) is 0.0550. The van der Waals surface area contributed by atoms with Crippen molar-refractivity contribution in [1.82, 2.24) is 53.5 Å². The number of aromatic nitrogens is 5. The summed E-state index contributed by atoms with van der Waals surface area (Å²) < 4.78 is 37.8. The van der Waals surface area contributed by atoms with E-state index in [0.29, 0.717) is 51.6 Å². The molecular weight excluding hydrogens is 1870 g/mol. The van der Waals surface area contributed by atoms with E-state index in [2.05, 4.69) is 185 Å². The first kappa shape index (κ1) is 96.9. The third-order valence-electron chi connectivity index (χ3n) is 28.1. The first-order valence-corrected chi connectivity index (χ1v) is 51.3. The number of aliphatic imine (C=N–C) groups is 1. The van der Waals surface area contributed by atoms with Crippen molar-refractivity contribution in [3.8, 4) is 16.9 Å². The molecular formula is C109H117Cl4FN18O7S. The number of aryl methyl sites for hydroxylation is 3. The molecule has 0 spiro atoms. The fourth-order valence-electron chi connectivity index (χ4n) is 20.2. The number of oxazole rings is 1. The number of fused-ring (bicyclic) bond motifs is 8. The van der Waals surface area contributed by atoms with Gasteiger partial charge in [-0.2, -0.15) is 4.37 Å². The van der Waals surface area contributed by atoms with E-state index >= 15 is 0 Å². The number of piperidine rings is 1. The molecule has 31 heteroatoms. The Hall–Kier alpha value is -12.0. The Balaban J connectivity index is 0.000000112. The third-order valence-corrected chi connectivity index (χ3v) is 30.3. The number of H-pyrrole nitrogens is 1. The SMILES string of the molecule is CN1CCN(C2=Nc3cc(Cl)ccc3Nc3ccccc32)CC1.Cc1nc2n(c(=O)c1CCN1CCC(c3noc4cc(F)ccc34)CC1)CCCC2.O=C1CCc2ccc(OCCCCN3CCN(c4cccc(Cl)c4Cl)CC3)cc2N1.O=C1Cc2cc(CCN3CCN(c4nsc5ccccc45)CC3)c(Cl)cc2N1.O=c1[nH]c2cccc(N3CCN(Cc4cccc(-c5ccccc5)c4)CC3)c2o1. The molecule has 10 aromatic carbocycles. The average Bonchev–Trinajstić information content (AvgIpc) is 1.78. The number of amides is 2. The monoisotopic (exact) mass is 1980 g/mol. The first-order valence-electron chi connectivity index (χ1n) is 49.0. The average molecular weight is 1980 g/mol. The minimum Gasteiger partial charge on any atom is -0.494 e. The molecule has 5 fully saturated rings. The molecule has 0 saturated carbocycles. The molecule has 140 heavy (non-hydrogen) atoms. The van der Waals surface area contributed by atoms with Gasteiger partial charge in [0.2, 0.25) is 11.8 Å². The maximum atomic E-state index is 13.4. The normalized spacial score (nSPS) is 16.9. The number of halogens is 5. The van der Waals surface area contributed by atoms with Crippen molar-refractivity contribution in [1.29, 1.82) is 0 Å². The highest BCUT2D eigenvalue weighted by atomic mass is 35.5. The number of likely N-dealkylation sites (tertiary alicyclic amines) is 1. The summed E-state index contributed by atoms with van der Waals surface area (Å²) in [6.07, 6.45) is 10.6. The number of nitrogens with one attached hydrogen (secondary N) is 4. The highest BCUT2D eigenvalue weighted by Crippen LogP contribution is 2.41. The van der Waals surface area contributed by atoms with Gasteiger partial charge in [0.05, 0.1) is 61.7 Å². The molecule has 23 rings (SSSR count). The summed E-state index contributed by atoms with van der Waals surface area (Å²) in [4.78, 5) is 81.6. The molecule has 0 aliphatic carbocycles. The number of nitrogens with zero attached hydrogens (tertiary/aromatic N) is 14. The van der Waals surface area contributed by atoms with Gasteiger partial charge in [0.15, 0.2) is 11.2 Å². The molecule has 5 saturated heterocycles. The molecule has 9 aliphatic rings. The lowest BCUT2D eigenvalue weighted by Gasteiger charge is -2.36. The van der Waals surface area contributed by atoms with Crippen LogP contribution in [0.3, 0.4) is 0 Å². The van der Waals surface area contributed by atoms with Crippen molar-refractivity contribution in [2.45, 2.75) is 103 Å². The number of benzene rings is 10. The van der Waals surface area contributed by atoms with Gasteiger partial charge in [-0.15, -0.1) is 0 Å². The molecule has 0 atom stereocenters. The lowest BCUT2D eigenvalue weighted by molar-refractivity contribution is -0.116. The van der Waals surface area contributed by atoms with E-state index in [4.69, 9.17) is 70.1 Å². The Morgan fingerprint density at radius 3 is 2.06 bits per heavy atom. The maximum Gasteiger partial charge on any atom is 0.417 e. The van der Waals surface area contributed by atoms with Gasteiger partial charge in [-0.3, -0.25) is 38.6 Å². The first-order chi connectivity index (χ1) is 68.3. The molecule has 0 unspecified atom stereocenters. The van der Waals surface area contributed by atoms with Crippen LogP contribution in [-0.2, 0) is 54.8 Å². The zero-order chi connectivity index (χ0) is 96.1. The topological polar surface area (TPSA) is 241 Å². The molecule has 0 bridgehead atoms. The molecule has 4 aromatic heterocycles. The van der Waals surface area contributed by atoms with Crippen LogP contribution in [0.5, 0.6) is 5.75 Å². The van der Waals surface area contributed by atoms with Gasteiger partial charge in [0, 0.05) is 216 Å². The molecule has 0 radical (unpaired) electrons. The number of ether oxygens (including phenoxy) is 1. The van der Waals surface area contributed by atoms with Gasteiger partial charge >= 0.3 is 5.76 Å². The minimum atomic E-state index is -0.399. The number of piperazine rings is 4. The van der Waals surface area contributed by atoms with E-state index in [9.17, 15) is 23.6 Å². The van der Waals surface area contributed by atoms with E-state index in [1.165, 1.54) is 44.5 Å². The van der Waals surface area contributed by atoms with Crippen LogP contribution in [-0.4, -0.2) is 222 Å². The lowest BCUT2D eigenvalue weighted by Crippen LogP contribution is -2.47. The number of likely N-dealkylation sites (N-methyl/N-ethyl adjacent to an activating group) is 1. The predicted octanol–water partition coefficient (Wildman–Crippen LogP) is 20.1. The summed E-state index contributed by atoms with van der Waals surface area (Å²) in [7, 11) is 2.16. The highest BCUT2D eigenvalue weighted by Gasteiger charge is 2.31. The molecule has 2 amide bonds. The van der Waals surface area contributed by atoms with Crippen LogP contribution in [0.4, 0.5) is 50.0 Å². The second-order valence-electron chi connectivity index (χ2n) is 37.4. The Labute approximate surface area is 838 Å². The summed E-state index contributed by atoms with van der Waals surface area (Å²) in [5.41, 5.74) is 19.9. The third kappa shape index (κ3) is 23.6. The standard InChI is InChI=1S/C24H23N3O2.C23H27Cl2N3O2.C23H27FN4O2.C21H21ClN4OS.C18H19ClN4/c28-24-25-21-10-5-11-22(23(21)29-24)27-14-12-26(13-15-27)17-18-6-4-9-20(16-18)19-7-2-1-3-8-19;24-19-4-3-5-21(23(19)25)28-13-11-27(12-14-28)10-1-2-15-30-18-8-6-17-7-9-22(29)26-20(17)16-18;1-15-18(23(29)28-10-3-2-4-21(28)25-15)9-13-27-11-7-16(8-12-27)22-19-6-5-17(24)14-20(19)30-26-22;22-17-13-18-15(12-20(27)23-18)11-14(17)5-6-25-7-9-26(10-8-25)21-16-3-1-2-4-19(16)28-24-21;1-22-8-10-23(11-9-22)18-14-4-2-3-5-15(14)20-16-7-6-13(19)12-17(16)21-18/h1-11,16H,12-15,17H2,(H,25,28);3-6,8,16H,1-2,7,9-15H2,(H,26,29);5-6,14,16H,2-4,7-13H2,1H3;1-4,11,13H,5-10,12H2,(H,23,27);2-7,12,20H,8-11H2,1H3. The molecule has 4 N–H and O–H groups in total. The van der Waals surface area contributed by atoms with Gasteiger partial charge in [-0.05, 0) is 233 Å². The van der Waals surface area contributed by atoms with Crippen LogP contribution in [0, 0.1) is 12.7 Å². The number of hydrogen-bond donors (Lipinski definition) is 4. The van der Waals surface area contributed by atoms with E-state index in [-0.39, 0.29) is 23.2 Å². The zero-order valence-corrected chi connectivity index (χ0v) is 82.9. The van der Waals surface area contributed by atoms with Crippen molar-refractivity contribution in [2.75, 3.05) is 182 Å². The summed E-state index contributed by atoms with van der Waals surface area (Å²) >= 11 is 26.7. The van der Waals surface area contributed by atoms with Crippen molar-refractivity contribution in [3.05, 3.63) is 304 Å². The Morgan fingerprint density at radius 1 is 0.536 bits per heavy atom. The lowest BCUT2D eigenvalue weighted by atomic mass is 9.91. The fraction of sp³-hybridized carbons (Fsp3) is 0.358. The van der Waals surface area contributed by atoms with Crippen LogP contribution in [0.1, 0.15) is 101 Å². The molecule has 14 aromatic rings. The second kappa shape index (κ2) is 45.3. The maximum absolute atomic E-state index is 13.4. The van der Waals surface area contributed by atoms with Gasteiger partial charge < -0.3 is 59.0 Å². The van der Waals surface area contributed by atoms with Crippen molar-refractivity contribution < 1.29 is 27.7 Å². The summed E-state index contributed by atoms with van der Waals surface area (Å²) in [6.45, 7) is 25.1. The van der Waals surface area contributed by atoms with E-state index in [1.54, 1.807) is 17.6 Å². The second-order valence-corrected chi connectivity index (χ2v) is 39.8. The van der Waals surface area contributed by atoms with Crippen molar-refractivity contribution in [2.24, 2.45) is 4.99 Å². The van der Waals surface area contributed by atoms with Crippen LogP contribution >= 0.6 is 57.9 Å². The zero-order valence-electron chi connectivity index (χ0n) is 79.1. The number of anilines is 7. The highest BCUT2D eigenvalue weighted by molar-refractivity contribution is 7.13. The number of carbonyl (C=O) groups is 2. The minimum absolute atomic E-state index is 0.0499. The fourth-order valence-corrected chi connectivity index (χ4v) is 21.8. The molecule has 726 valence electrons. The number of aromatic amines is 1. The Morgan fingerprint density at radius 2 is 1.24 bits per heavy atom. The Bertz CT molecular complexity index is 6890. The van der Waals surface area contributed by atoms with Crippen LogP contribution in [0.25, 0.3) is 43.3 Å². The van der Waals surface area contributed by atoms with Gasteiger partial charge in [0.25, 0.3) is 5.56 Å². The van der Waals surface area contributed by atoms with Crippen LogP contribution in [0.15, 0.2) is 230 Å². The Kier molecular flexibility index (Phi) is 31.3. The smallest absolute Gasteiger partial charge is 0.417 e. The summed E-state index contributed by atoms with van der Waals surface area (Å²) in [6, 6.07) is 68.2. The van der Waals surface area contributed by atoms with Gasteiger partial charge in [-0.1, -0.05) is 149 Å². The number of carbonyl (C=O) groups excluding carboxylic acids is 2. The molecule has 25 nitrogen and oxygen atoms in total. The largest absolute Gasteiger partial charge is 0.494 e. The summed E-state index contributed by atoms with van der Waals surface area (Å²) in [5.74, 6) is 3.68. The summed E-state index contributed by atoms with van der Waals surface area (Å²) in [5, 5.41) is 18.4. The van der Waals surface area contributed by atoms with Crippen LogP contribution in [0.2, 0.25) is 20.1 Å². The van der Waals surface area contributed by atoms with Gasteiger partial charge in [0.1, 0.15) is 29.0 Å².